The number of aromatic nitrogens is 2. The Kier molecular flexibility index (Phi) is 4.37. The zero-order valence-electron chi connectivity index (χ0n) is 15.8. The van der Waals surface area contributed by atoms with Gasteiger partial charge in [0.15, 0.2) is 0 Å². The molecule has 0 aliphatic carbocycles. The molecule has 0 saturated heterocycles. The second kappa shape index (κ2) is 7.18. The van der Waals surface area contributed by atoms with Crippen LogP contribution in [0.15, 0.2) is 78.4 Å². The molecule has 2 aromatic heterocycles. The van der Waals surface area contributed by atoms with Crippen molar-refractivity contribution in [3.05, 3.63) is 89.6 Å². The first-order chi connectivity index (χ1) is 14.2. The van der Waals surface area contributed by atoms with Crippen molar-refractivity contribution >= 4 is 39.0 Å². The van der Waals surface area contributed by atoms with E-state index < -0.39 is 0 Å². The Morgan fingerprint density at radius 3 is 2.72 bits per heavy atom. The molecular weight excluding hydrogens is 380 g/mol. The van der Waals surface area contributed by atoms with Gasteiger partial charge in [0.25, 0.3) is 0 Å². The Morgan fingerprint density at radius 1 is 1.07 bits per heavy atom. The van der Waals surface area contributed by atoms with Crippen molar-refractivity contribution in [2.24, 2.45) is 0 Å². The molecule has 29 heavy (non-hydrogen) atoms. The Labute approximate surface area is 172 Å². The van der Waals surface area contributed by atoms with E-state index in [1.165, 1.54) is 23.4 Å². The molecular formula is C24H18N2O2S. The highest BCUT2D eigenvalue weighted by atomic mass is 32.1. The highest BCUT2D eigenvalue weighted by Gasteiger charge is 2.17. The number of methoxy groups -OCH3 is 1. The minimum Gasteiger partial charge on any atom is -0.465 e. The predicted molar refractivity (Wildman–Crippen MR) is 117 cm³/mol. The number of benzene rings is 3. The second-order valence-electron chi connectivity index (χ2n) is 6.91. The molecule has 142 valence electrons. The third-order valence-corrected chi connectivity index (χ3v) is 5.96. The zero-order valence-corrected chi connectivity index (χ0v) is 16.6. The summed E-state index contributed by atoms with van der Waals surface area (Å²) in [4.78, 5) is 16.8. The van der Waals surface area contributed by atoms with Gasteiger partial charge in [0.05, 0.1) is 12.7 Å². The molecule has 0 N–H and O–H groups in total. The summed E-state index contributed by atoms with van der Waals surface area (Å²) in [5.41, 5.74) is 3.79. The van der Waals surface area contributed by atoms with Crippen molar-refractivity contribution in [3.63, 3.8) is 0 Å². The maximum absolute atomic E-state index is 12.3. The average molecular weight is 398 g/mol. The van der Waals surface area contributed by atoms with Gasteiger partial charge in [-0.25, -0.2) is 9.78 Å². The van der Waals surface area contributed by atoms with E-state index in [0.717, 1.165) is 21.5 Å². The fourth-order valence-corrected chi connectivity index (χ4v) is 4.36. The van der Waals surface area contributed by atoms with Crippen LogP contribution in [-0.4, -0.2) is 22.6 Å². The number of thiazole rings is 1. The van der Waals surface area contributed by atoms with Crippen LogP contribution in [0.4, 0.5) is 0 Å². The summed E-state index contributed by atoms with van der Waals surface area (Å²) in [6.45, 7) is 0.666. The van der Waals surface area contributed by atoms with E-state index in [9.17, 15) is 4.79 Å². The highest BCUT2D eigenvalue weighted by Crippen LogP contribution is 2.30. The molecule has 3 aromatic carbocycles. The maximum Gasteiger partial charge on any atom is 0.340 e. The number of esters is 1. The lowest BCUT2D eigenvalue weighted by molar-refractivity contribution is 0.0602. The lowest BCUT2D eigenvalue weighted by Gasteiger charge is -2.08. The zero-order chi connectivity index (χ0) is 19.8. The largest absolute Gasteiger partial charge is 0.465 e. The van der Waals surface area contributed by atoms with E-state index >= 15 is 0 Å². The standard InChI is InChI=1S/C24H18N2O2S/c1-28-24(27)21-15-26(14-16-6-7-17-4-2-3-5-18(17)12-16)22-13-19(8-9-20(21)22)23-25-10-11-29-23/h2-13,15H,14H2,1H3. The maximum atomic E-state index is 12.3. The summed E-state index contributed by atoms with van der Waals surface area (Å²) in [6.07, 6.45) is 3.69. The van der Waals surface area contributed by atoms with Gasteiger partial charge in [0.1, 0.15) is 5.01 Å². The van der Waals surface area contributed by atoms with Crippen molar-refractivity contribution < 1.29 is 9.53 Å². The Bertz CT molecular complexity index is 1340. The fourth-order valence-electron chi connectivity index (χ4n) is 3.73. The monoisotopic (exact) mass is 398 g/mol. The molecule has 5 aromatic rings. The van der Waals surface area contributed by atoms with Crippen LogP contribution in [0, 0.1) is 0 Å². The normalized spacial score (nSPS) is 11.2. The van der Waals surface area contributed by atoms with Gasteiger partial charge in [-0.15, -0.1) is 11.3 Å². The molecule has 0 bridgehead atoms. The van der Waals surface area contributed by atoms with Crippen LogP contribution in [0.3, 0.4) is 0 Å². The van der Waals surface area contributed by atoms with E-state index in [1.54, 1.807) is 17.5 Å². The SMILES string of the molecule is COC(=O)c1cn(Cc2ccc3ccccc3c2)c2cc(-c3nccs3)ccc12. The molecule has 0 radical (unpaired) electrons. The second-order valence-corrected chi connectivity index (χ2v) is 7.81. The van der Waals surface area contributed by atoms with Crippen LogP contribution in [0.1, 0.15) is 15.9 Å². The van der Waals surface area contributed by atoms with Gasteiger partial charge in [0, 0.05) is 40.8 Å². The summed E-state index contributed by atoms with van der Waals surface area (Å²) in [6, 6.07) is 20.9. The fraction of sp³-hybridized carbons (Fsp3) is 0.0833. The first-order valence-corrected chi connectivity index (χ1v) is 10.2. The van der Waals surface area contributed by atoms with Crippen LogP contribution >= 0.6 is 11.3 Å². The number of rotatable bonds is 4. The summed E-state index contributed by atoms with van der Waals surface area (Å²) in [5.74, 6) is -0.325. The predicted octanol–water partition coefficient (Wildman–Crippen LogP) is 5.75. The highest BCUT2D eigenvalue weighted by molar-refractivity contribution is 7.13. The number of ether oxygens (including phenoxy) is 1. The minimum atomic E-state index is -0.325. The first kappa shape index (κ1) is 17.6. The van der Waals surface area contributed by atoms with Gasteiger partial charge < -0.3 is 9.30 Å². The van der Waals surface area contributed by atoms with Crippen LogP contribution in [-0.2, 0) is 11.3 Å². The molecule has 2 heterocycles. The Morgan fingerprint density at radius 2 is 1.93 bits per heavy atom. The third kappa shape index (κ3) is 3.19. The lowest BCUT2D eigenvalue weighted by Crippen LogP contribution is -2.01. The number of hydrogen-bond donors (Lipinski definition) is 0. The average Bonchev–Trinajstić information content (AvgIpc) is 3.41. The Hall–Kier alpha value is -3.44. The van der Waals surface area contributed by atoms with E-state index in [0.29, 0.717) is 12.1 Å². The van der Waals surface area contributed by atoms with Crippen LogP contribution in [0.25, 0.3) is 32.2 Å². The van der Waals surface area contributed by atoms with Crippen LogP contribution < -0.4 is 0 Å². The molecule has 4 nitrogen and oxygen atoms in total. The molecule has 0 amide bonds. The van der Waals surface area contributed by atoms with Crippen molar-refractivity contribution in [1.82, 2.24) is 9.55 Å². The molecule has 0 spiro atoms. The third-order valence-electron chi connectivity index (χ3n) is 5.13. The topological polar surface area (TPSA) is 44.1 Å². The molecule has 0 aliphatic rings. The quantitative estimate of drug-likeness (QED) is 0.362. The molecule has 0 atom stereocenters. The molecule has 5 rings (SSSR count). The number of nitrogens with zero attached hydrogens (tertiary/aromatic N) is 2. The molecule has 0 fully saturated rings. The van der Waals surface area contributed by atoms with Crippen molar-refractivity contribution in [1.29, 1.82) is 0 Å². The summed E-state index contributed by atoms with van der Waals surface area (Å²) in [7, 11) is 1.42. The van der Waals surface area contributed by atoms with Crippen LogP contribution in [0.5, 0.6) is 0 Å². The van der Waals surface area contributed by atoms with E-state index in [2.05, 4.69) is 45.9 Å². The Balaban J connectivity index is 1.64. The number of fused-ring (bicyclic) bond motifs is 2. The first-order valence-electron chi connectivity index (χ1n) is 9.32. The molecule has 0 saturated carbocycles. The van der Waals surface area contributed by atoms with Gasteiger partial charge in [-0.3, -0.25) is 0 Å². The van der Waals surface area contributed by atoms with Gasteiger partial charge >= 0.3 is 5.97 Å². The van der Waals surface area contributed by atoms with E-state index in [4.69, 9.17) is 4.74 Å². The number of carbonyl (C=O) groups is 1. The summed E-state index contributed by atoms with van der Waals surface area (Å²) >= 11 is 1.60. The van der Waals surface area contributed by atoms with E-state index in [1.807, 2.05) is 35.8 Å². The van der Waals surface area contributed by atoms with Crippen molar-refractivity contribution in [3.8, 4) is 10.6 Å². The summed E-state index contributed by atoms with van der Waals surface area (Å²) < 4.78 is 7.12. The van der Waals surface area contributed by atoms with E-state index in [-0.39, 0.29) is 5.97 Å². The lowest BCUT2D eigenvalue weighted by atomic mass is 10.1. The molecule has 5 heteroatoms. The van der Waals surface area contributed by atoms with Gasteiger partial charge in [-0.1, -0.05) is 48.5 Å². The van der Waals surface area contributed by atoms with Gasteiger partial charge in [0.2, 0.25) is 0 Å². The van der Waals surface area contributed by atoms with Gasteiger partial charge in [-0.2, -0.15) is 0 Å². The number of hydrogen-bond acceptors (Lipinski definition) is 4. The summed E-state index contributed by atoms with van der Waals surface area (Å²) in [5, 5.41) is 6.24. The smallest absolute Gasteiger partial charge is 0.340 e. The number of carbonyl (C=O) groups excluding carboxylic acids is 1. The van der Waals surface area contributed by atoms with Crippen molar-refractivity contribution in [2.75, 3.05) is 7.11 Å². The van der Waals surface area contributed by atoms with Gasteiger partial charge in [-0.05, 0) is 28.5 Å². The van der Waals surface area contributed by atoms with Crippen LogP contribution in [0.2, 0.25) is 0 Å². The molecule has 0 unspecified atom stereocenters. The minimum absolute atomic E-state index is 0.325. The van der Waals surface area contributed by atoms with Crippen molar-refractivity contribution in [2.45, 2.75) is 6.54 Å². The molecule has 0 aliphatic heterocycles.